The molecule has 5 saturated carbocycles. The van der Waals surface area contributed by atoms with Gasteiger partial charge in [0, 0.05) is 36.2 Å². The molecule has 2 aromatic rings. The van der Waals surface area contributed by atoms with Crippen molar-refractivity contribution >= 4 is 35.8 Å². The number of fused-ring (bicyclic) bond motifs is 10. The van der Waals surface area contributed by atoms with Gasteiger partial charge in [-0.2, -0.15) is 0 Å². The maximum atomic E-state index is 15.9. The number of ether oxygens (including phenoxy) is 7. The molecule has 3 unspecified atom stereocenters. The Bertz CT molecular complexity index is 3140. The van der Waals surface area contributed by atoms with Crippen LogP contribution in [-0.2, 0) is 52.3 Å². The van der Waals surface area contributed by atoms with Crippen LogP contribution in [0.2, 0.25) is 0 Å². The number of allylic oxidation sites excluding steroid dienone is 1. The first-order chi connectivity index (χ1) is 42.8. The number of aliphatic hydroxyl groups is 1. The summed E-state index contributed by atoms with van der Waals surface area (Å²) in [6, 6.07) is 15.5. The van der Waals surface area contributed by atoms with E-state index in [-0.39, 0.29) is 42.5 Å². The van der Waals surface area contributed by atoms with E-state index in [1.165, 1.54) is 63.5 Å². The Morgan fingerprint density at radius 2 is 1.56 bits per heavy atom. The Hall–Kier alpha value is -5.64. The number of amides is 1. The number of ketones is 1. The SMILES string of the molecule is CC(=O)O[C@@]12CO[C@@H]1C[C@H](C)[C@@]1(C)C(=O)[C@H](C)C3=C(C)[C@@H](OC(=O)[C@H](OC(=O)/C=C/CO[C@H]4CC[C@@]5(C)C(=CCC6C5CC[C@@]5(C)C6CC[C@@H]5[C@H](C)CCCC(C)C)C4)[C@@H](NC(=O)OC(C)(C)C)c4ccccc4)C[C@@](O)([C@@H](OC(=O)c4ccccc4)[C@H]21)C3(C)C. The molecule has 1 aliphatic heterocycles. The summed E-state index contributed by atoms with van der Waals surface area (Å²) in [7, 11) is 0. The van der Waals surface area contributed by atoms with Crippen LogP contribution in [0.25, 0.3) is 0 Å². The van der Waals surface area contributed by atoms with Crippen LogP contribution in [0.15, 0.2) is 95.6 Å². The number of nitrogens with one attached hydrogen (secondary N) is 1. The van der Waals surface area contributed by atoms with Gasteiger partial charge in [-0.25, -0.2) is 19.2 Å². The molecule has 6 fully saturated rings. The second kappa shape index (κ2) is 25.9. The number of carbonyl (C=O) groups is 6. The number of esters is 4. The summed E-state index contributed by atoms with van der Waals surface area (Å²) in [6.45, 7) is 29.6. The van der Waals surface area contributed by atoms with Crippen molar-refractivity contribution in [1.82, 2.24) is 5.32 Å². The highest BCUT2D eigenvalue weighted by Gasteiger charge is 2.77. The van der Waals surface area contributed by atoms with Crippen LogP contribution in [0.3, 0.4) is 0 Å². The van der Waals surface area contributed by atoms with E-state index < -0.39 is 106 Å². The fourth-order valence-electron chi connectivity index (χ4n) is 19.8. The van der Waals surface area contributed by atoms with Gasteiger partial charge in [-0.1, -0.05) is 155 Å². The van der Waals surface area contributed by atoms with E-state index in [9.17, 15) is 24.3 Å². The molecule has 2 N–H and O–H groups in total. The third-order valence-corrected chi connectivity index (χ3v) is 24.5. The second-order valence-corrected chi connectivity index (χ2v) is 31.6. The summed E-state index contributed by atoms with van der Waals surface area (Å²) in [6.07, 6.45) is 12.1. The fraction of sp³-hybridized carbons (Fsp3) is 0.684. The Morgan fingerprint density at radius 3 is 2.21 bits per heavy atom. The molecule has 15 heteroatoms. The van der Waals surface area contributed by atoms with Gasteiger partial charge in [-0.3, -0.25) is 9.59 Å². The summed E-state index contributed by atoms with van der Waals surface area (Å²) >= 11 is 0. The predicted octanol–water partition coefficient (Wildman–Crippen LogP) is 14.3. The van der Waals surface area contributed by atoms with E-state index in [1.54, 1.807) is 115 Å². The van der Waals surface area contributed by atoms with Crippen LogP contribution in [0.4, 0.5) is 4.79 Å². The molecule has 0 radical (unpaired) electrons. The molecule has 19 atom stereocenters. The molecule has 7 aliphatic carbocycles. The highest BCUT2D eigenvalue weighted by molar-refractivity contribution is 5.92. The zero-order valence-corrected chi connectivity index (χ0v) is 57.0. The van der Waals surface area contributed by atoms with Crippen molar-refractivity contribution < 1.29 is 67.0 Å². The van der Waals surface area contributed by atoms with Gasteiger partial charge in [0.15, 0.2) is 5.60 Å². The lowest BCUT2D eigenvalue weighted by Crippen LogP contribution is -2.80. The van der Waals surface area contributed by atoms with Gasteiger partial charge in [0.1, 0.15) is 41.3 Å². The lowest BCUT2D eigenvalue weighted by atomic mass is 9.42. The quantitative estimate of drug-likeness (QED) is 0.0618. The Kier molecular flexibility index (Phi) is 19.4. The molecule has 1 heterocycles. The molecule has 0 spiro atoms. The first-order valence-corrected chi connectivity index (χ1v) is 34.3. The summed E-state index contributed by atoms with van der Waals surface area (Å²) in [5.41, 5.74) is -3.83. The van der Waals surface area contributed by atoms with Crippen LogP contribution >= 0.6 is 0 Å². The summed E-state index contributed by atoms with van der Waals surface area (Å²) in [4.78, 5) is 87.6. The molecule has 10 rings (SSSR count). The van der Waals surface area contributed by atoms with Crippen molar-refractivity contribution in [2.45, 2.75) is 241 Å². The van der Waals surface area contributed by atoms with Gasteiger partial charge in [-0.15, -0.1) is 0 Å². The van der Waals surface area contributed by atoms with Crippen molar-refractivity contribution in [3.05, 3.63) is 107 Å². The molecule has 91 heavy (non-hydrogen) atoms. The van der Waals surface area contributed by atoms with Crippen molar-refractivity contribution in [3.8, 4) is 0 Å². The molecule has 8 aliphatic rings. The monoisotopic (exact) mass is 1260 g/mol. The third-order valence-electron chi connectivity index (χ3n) is 24.5. The normalized spacial score (nSPS) is 36.6. The van der Waals surface area contributed by atoms with Gasteiger partial charge < -0.3 is 43.6 Å². The number of rotatable bonds is 18. The number of Topliss-reactive ketones (excluding diaryl/α,β-unsaturated/α-hetero) is 1. The minimum Gasteiger partial charge on any atom is -0.455 e. The molecule has 2 bridgehead atoms. The molecule has 15 nitrogen and oxygen atoms in total. The van der Waals surface area contributed by atoms with E-state index >= 15 is 9.59 Å². The Labute approximate surface area is 541 Å². The van der Waals surface area contributed by atoms with Crippen LogP contribution in [0.5, 0.6) is 0 Å². The minimum absolute atomic E-state index is 0.0396. The number of alkyl carbamates (subject to hydrolysis) is 1. The average molecular weight is 1260 g/mol. The zero-order valence-electron chi connectivity index (χ0n) is 57.0. The fourth-order valence-corrected chi connectivity index (χ4v) is 19.8. The predicted molar refractivity (Wildman–Crippen MR) is 346 cm³/mol. The molecule has 2 aromatic carbocycles. The molecular formula is C76H105NO14. The van der Waals surface area contributed by atoms with Gasteiger partial charge >= 0.3 is 30.0 Å². The highest BCUT2D eigenvalue weighted by atomic mass is 16.6. The van der Waals surface area contributed by atoms with Crippen LogP contribution < -0.4 is 5.32 Å². The molecule has 1 saturated heterocycles. The van der Waals surface area contributed by atoms with Gasteiger partial charge in [0.25, 0.3) is 0 Å². The van der Waals surface area contributed by atoms with E-state index in [1.807, 2.05) is 13.8 Å². The largest absolute Gasteiger partial charge is 0.455 e. The lowest BCUT2D eigenvalue weighted by molar-refractivity contribution is -0.339. The van der Waals surface area contributed by atoms with Crippen LogP contribution in [0.1, 0.15) is 209 Å². The third kappa shape index (κ3) is 12.6. The van der Waals surface area contributed by atoms with E-state index in [2.05, 4.69) is 46.0 Å². The number of carbonyl (C=O) groups excluding carboxylic acids is 6. The number of hydrogen-bond donors (Lipinski definition) is 2. The van der Waals surface area contributed by atoms with Gasteiger partial charge in [0.05, 0.1) is 30.8 Å². The van der Waals surface area contributed by atoms with Crippen molar-refractivity contribution in [2.75, 3.05) is 13.2 Å². The van der Waals surface area contributed by atoms with E-state index in [0.29, 0.717) is 40.4 Å². The molecule has 0 aromatic heterocycles. The number of benzene rings is 2. The first-order valence-electron chi connectivity index (χ1n) is 34.3. The summed E-state index contributed by atoms with van der Waals surface area (Å²) in [5, 5.41) is 17.0. The van der Waals surface area contributed by atoms with Crippen molar-refractivity contribution in [2.24, 2.45) is 74.9 Å². The highest BCUT2D eigenvalue weighted by Crippen LogP contribution is 2.69. The second-order valence-electron chi connectivity index (χ2n) is 31.6. The van der Waals surface area contributed by atoms with E-state index in [0.717, 1.165) is 49.4 Å². The Balaban J connectivity index is 0.916. The maximum absolute atomic E-state index is 15.9. The zero-order chi connectivity index (χ0) is 66.0. The van der Waals surface area contributed by atoms with E-state index in [4.69, 9.17) is 33.2 Å². The number of hydrogen-bond acceptors (Lipinski definition) is 14. The van der Waals surface area contributed by atoms with Crippen LogP contribution in [0, 0.1) is 74.9 Å². The standard InChI is InChI=1S/C76H105NO14/c1-44(2)24-22-25-45(3)55-33-34-56-54-32-31-52-41-53(35-37-72(52,13)57(54)36-38-73(55,56)14)85-39-23-30-60(79)88-63(62(50-26-18-16-19-27-50)77-69(83)91-70(8,9)10)68(82)87-58-42-76(84)66(89-67(81)51-28-20-17-21-29-51)64-74(15,65(80)48(6)61(47(58)5)71(76,11)12)46(4)40-59-75(64,43-86-59)90-49(7)78/h16-21,23,26-31,44-46,48,53-59,62-64,66,84H,22,24-25,32-43H2,1-15H3,(H,77,83)/b30-23+/t45-,46+,48-,53+,54?,55-,56?,57?,58+,59-,62+,63-,64+,66+,72+,73-,74-,75+,76-/m1/s1. The first kappa shape index (κ1) is 68.2. The van der Waals surface area contributed by atoms with Crippen LogP contribution in [-0.4, -0.2) is 101 Å². The topological polar surface area (TPSA) is 199 Å². The maximum Gasteiger partial charge on any atom is 0.408 e. The van der Waals surface area contributed by atoms with Crippen molar-refractivity contribution in [3.63, 3.8) is 0 Å². The molecule has 498 valence electrons. The summed E-state index contributed by atoms with van der Waals surface area (Å²) < 4.78 is 44.3. The minimum atomic E-state index is -2.17. The molecule has 1 amide bonds. The molecular weight excluding hydrogens is 1150 g/mol. The lowest BCUT2D eigenvalue weighted by Gasteiger charge is -2.68. The summed E-state index contributed by atoms with van der Waals surface area (Å²) in [5.74, 6) is -1.67. The van der Waals surface area contributed by atoms with Crippen molar-refractivity contribution in [1.29, 1.82) is 0 Å². The Morgan fingerprint density at radius 1 is 0.868 bits per heavy atom. The van der Waals surface area contributed by atoms with Gasteiger partial charge in [-0.05, 0) is 167 Å². The van der Waals surface area contributed by atoms with Gasteiger partial charge in [0.2, 0.25) is 6.10 Å². The average Bonchev–Trinajstić information content (AvgIpc) is 0.983. The smallest absolute Gasteiger partial charge is 0.408 e.